The highest BCUT2D eigenvalue weighted by molar-refractivity contribution is 5.79. The van der Waals surface area contributed by atoms with E-state index in [1.807, 2.05) is 4.90 Å². The lowest BCUT2D eigenvalue weighted by atomic mass is 9.96. The van der Waals surface area contributed by atoms with Crippen molar-refractivity contribution in [3.8, 4) is 11.1 Å². The Labute approximate surface area is 149 Å². The molecular formula is C22H24N2O. The summed E-state index contributed by atoms with van der Waals surface area (Å²) in [5.74, 6) is 0.633. The summed E-state index contributed by atoms with van der Waals surface area (Å²) in [5, 5.41) is 0. The fourth-order valence-electron chi connectivity index (χ4n) is 4.15. The van der Waals surface area contributed by atoms with Crippen LogP contribution in [0.3, 0.4) is 0 Å². The lowest BCUT2D eigenvalue weighted by Crippen LogP contribution is -2.49. The Kier molecular flexibility index (Phi) is 4.41. The molecular weight excluding hydrogens is 308 g/mol. The van der Waals surface area contributed by atoms with Crippen LogP contribution in [0.1, 0.15) is 23.5 Å². The van der Waals surface area contributed by atoms with E-state index in [0.29, 0.717) is 12.3 Å². The first-order valence-electron chi connectivity index (χ1n) is 9.07. The van der Waals surface area contributed by atoms with Gasteiger partial charge in [0.1, 0.15) is 0 Å². The van der Waals surface area contributed by atoms with Crippen LogP contribution in [0.5, 0.6) is 0 Å². The quantitative estimate of drug-likeness (QED) is 0.800. The number of carbonyl (C=O) groups is 1. The topological polar surface area (TPSA) is 23.6 Å². The van der Waals surface area contributed by atoms with E-state index >= 15 is 0 Å². The van der Waals surface area contributed by atoms with Crippen LogP contribution in [-0.4, -0.2) is 48.4 Å². The molecule has 2 aromatic rings. The van der Waals surface area contributed by atoms with Crippen molar-refractivity contribution in [2.45, 2.75) is 12.3 Å². The second-order valence-corrected chi connectivity index (χ2v) is 6.90. The van der Waals surface area contributed by atoms with Crippen molar-refractivity contribution in [1.29, 1.82) is 0 Å². The molecule has 0 saturated carbocycles. The van der Waals surface area contributed by atoms with Crippen LogP contribution in [0.2, 0.25) is 0 Å². The highest BCUT2D eigenvalue weighted by Gasteiger charge is 2.30. The molecule has 0 radical (unpaired) electrons. The molecule has 128 valence electrons. The highest BCUT2D eigenvalue weighted by atomic mass is 16.2. The molecule has 0 aromatic heterocycles. The summed E-state index contributed by atoms with van der Waals surface area (Å²) >= 11 is 0. The SMILES string of the molecule is C=CCC(=O)N1CCN(CC2c3ccccc3-c3ccccc32)CC1. The number of amides is 1. The summed E-state index contributed by atoms with van der Waals surface area (Å²) in [6.07, 6.45) is 2.14. The van der Waals surface area contributed by atoms with Crippen LogP contribution in [0, 0.1) is 0 Å². The van der Waals surface area contributed by atoms with Gasteiger partial charge in [0.05, 0.1) is 0 Å². The molecule has 1 fully saturated rings. The van der Waals surface area contributed by atoms with Crippen molar-refractivity contribution in [3.05, 3.63) is 72.3 Å². The predicted octanol–water partition coefficient (Wildman–Crippen LogP) is 3.52. The van der Waals surface area contributed by atoms with Crippen molar-refractivity contribution >= 4 is 5.91 Å². The largest absolute Gasteiger partial charge is 0.340 e. The van der Waals surface area contributed by atoms with E-state index in [1.54, 1.807) is 6.08 Å². The van der Waals surface area contributed by atoms with Gasteiger partial charge in [0.2, 0.25) is 5.91 Å². The first kappa shape index (κ1) is 16.1. The second-order valence-electron chi connectivity index (χ2n) is 6.90. The smallest absolute Gasteiger partial charge is 0.226 e. The molecule has 0 spiro atoms. The summed E-state index contributed by atoms with van der Waals surface area (Å²) in [6, 6.07) is 17.5. The minimum atomic E-state index is 0.200. The average Bonchev–Trinajstić information content (AvgIpc) is 2.97. The standard InChI is InChI=1S/C22H24N2O/c1-2-7-22(25)24-14-12-23(13-15-24)16-21-19-10-5-3-8-17(19)18-9-4-6-11-20(18)21/h2-6,8-11,21H,1,7,12-16H2. The fourth-order valence-corrected chi connectivity index (χ4v) is 4.15. The summed E-state index contributed by atoms with van der Waals surface area (Å²) in [5.41, 5.74) is 5.63. The Morgan fingerprint density at radius 3 is 2.08 bits per heavy atom. The van der Waals surface area contributed by atoms with Crippen LogP contribution in [-0.2, 0) is 4.79 Å². The number of fused-ring (bicyclic) bond motifs is 3. The van der Waals surface area contributed by atoms with Gasteiger partial charge in [-0.15, -0.1) is 6.58 Å². The van der Waals surface area contributed by atoms with E-state index in [4.69, 9.17) is 0 Å². The van der Waals surface area contributed by atoms with Crippen LogP contribution >= 0.6 is 0 Å². The molecule has 25 heavy (non-hydrogen) atoms. The number of rotatable bonds is 4. The van der Waals surface area contributed by atoms with Gasteiger partial charge < -0.3 is 4.90 Å². The van der Waals surface area contributed by atoms with Crippen LogP contribution < -0.4 is 0 Å². The van der Waals surface area contributed by atoms with E-state index in [1.165, 1.54) is 22.3 Å². The third kappa shape index (κ3) is 3.00. The molecule has 0 atom stereocenters. The summed E-state index contributed by atoms with van der Waals surface area (Å²) < 4.78 is 0. The Morgan fingerprint density at radius 2 is 1.52 bits per heavy atom. The van der Waals surface area contributed by atoms with Gasteiger partial charge in [0.25, 0.3) is 0 Å². The van der Waals surface area contributed by atoms with Gasteiger partial charge >= 0.3 is 0 Å². The van der Waals surface area contributed by atoms with Crippen molar-refractivity contribution < 1.29 is 4.79 Å². The summed E-state index contributed by atoms with van der Waals surface area (Å²) in [7, 11) is 0. The molecule has 2 aromatic carbocycles. The first-order valence-corrected chi connectivity index (χ1v) is 9.07. The maximum Gasteiger partial charge on any atom is 0.226 e. The predicted molar refractivity (Wildman–Crippen MR) is 102 cm³/mol. The Bertz CT molecular complexity index is 745. The maximum atomic E-state index is 12.0. The van der Waals surface area contributed by atoms with Gasteiger partial charge in [0.15, 0.2) is 0 Å². The molecule has 1 saturated heterocycles. The normalized spacial score (nSPS) is 17.2. The van der Waals surface area contributed by atoms with E-state index in [0.717, 1.165) is 32.7 Å². The summed E-state index contributed by atoms with van der Waals surface area (Å²) in [6.45, 7) is 8.23. The lowest BCUT2D eigenvalue weighted by molar-refractivity contribution is -0.132. The van der Waals surface area contributed by atoms with Gasteiger partial charge in [-0.05, 0) is 22.3 Å². The Hall–Kier alpha value is -2.39. The number of benzene rings is 2. The van der Waals surface area contributed by atoms with Crippen molar-refractivity contribution in [3.63, 3.8) is 0 Å². The zero-order valence-corrected chi connectivity index (χ0v) is 14.5. The van der Waals surface area contributed by atoms with Gasteiger partial charge in [-0.1, -0.05) is 54.6 Å². The highest BCUT2D eigenvalue weighted by Crippen LogP contribution is 2.44. The monoisotopic (exact) mass is 332 g/mol. The first-order chi connectivity index (χ1) is 12.3. The molecule has 1 heterocycles. The lowest BCUT2D eigenvalue weighted by Gasteiger charge is -2.36. The molecule has 0 bridgehead atoms. The zero-order valence-electron chi connectivity index (χ0n) is 14.5. The molecule has 2 aliphatic rings. The molecule has 1 amide bonds. The number of hydrogen-bond donors (Lipinski definition) is 0. The van der Waals surface area contributed by atoms with E-state index in [2.05, 4.69) is 60.0 Å². The van der Waals surface area contributed by atoms with Gasteiger partial charge in [-0.25, -0.2) is 0 Å². The molecule has 1 aliphatic carbocycles. The van der Waals surface area contributed by atoms with E-state index < -0.39 is 0 Å². The second kappa shape index (κ2) is 6.85. The van der Waals surface area contributed by atoms with Crippen molar-refractivity contribution in [2.75, 3.05) is 32.7 Å². The Balaban J connectivity index is 1.49. The molecule has 0 unspecified atom stereocenters. The van der Waals surface area contributed by atoms with Gasteiger partial charge in [-0.2, -0.15) is 0 Å². The minimum absolute atomic E-state index is 0.200. The van der Waals surface area contributed by atoms with Crippen LogP contribution in [0.25, 0.3) is 11.1 Å². The Morgan fingerprint density at radius 1 is 0.960 bits per heavy atom. The number of hydrogen-bond acceptors (Lipinski definition) is 2. The fraction of sp³-hybridized carbons (Fsp3) is 0.318. The number of carbonyl (C=O) groups excluding carboxylic acids is 1. The van der Waals surface area contributed by atoms with Gasteiger partial charge in [0, 0.05) is 45.1 Å². The number of nitrogens with zero attached hydrogens (tertiary/aromatic N) is 2. The number of piperazine rings is 1. The molecule has 3 nitrogen and oxygen atoms in total. The van der Waals surface area contributed by atoms with Gasteiger partial charge in [-0.3, -0.25) is 9.69 Å². The van der Waals surface area contributed by atoms with E-state index in [-0.39, 0.29) is 5.91 Å². The van der Waals surface area contributed by atoms with Crippen LogP contribution in [0.15, 0.2) is 61.2 Å². The molecule has 3 heteroatoms. The van der Waals surface area contributed by atoms with Crippen LogP contribution in [0.4, 0.5) is 0 Å². The van der Waals surface area contributed by atoms with Crippen molar-refractivity contribution in [1.82, 2.24) is 9.80 Å². The summed E-state index contributed by atoms with van der Waals surface area (Å²) in [4.78, 5) is 16.5. The van der Waals surface area contributed by atoms with Crippen molar-refractivity contribution in [2.24, 2.45) is 0 Å². The minimum Gasteiger partial charge on any atom is -0.340 e. The molecule has 0 N–H and O–H groups in total. The average molecular weight is 332 g/mol. The van der Waals surface area contributed by atoms with E-state index in [9.17, 15) is 4.79 Å². The zero-order chi connectivity index (χ0) is 17.2. The maximum absolute atomic E-state index is 12.0. The third-order valence-electron chi connectivity index (χ3n) is 5.45. The third-order valence-corrected chi connectivity index (χ3v) is 5.45. The molecule has 4 rings (SSSR count). The molecule has 1 aliphatic heterocycles.